The summed E-state index contributed by atoms with van der Waals surface area (Å²) in [5.74, 6) is 2.13. The van der Waals surface area contributed by atoms with Crippen LogP contribution in [0.3, 0.4) is 0 Å². The molecule has 3 heterocycles. The van der Waals surface area contributed by atoms with Crippen molar-refractivity contribution < 1.29 is 4.52 Å². The number of nitrogens with two attached hydrogens (primary N) is 1. The SMILES string of the molecule is CC(C)c1noc(-c2ccn3c(CN)nnc3c2)n1. The molecule has 2 N–H and O–H groups in total. The van der Waals surface area contributed by atoms with Crippen LogP contribution in [0.1, 0.15) is 31.4 Å². The third kappa shape index (κ3) is 1.97. The summed E-state index contributed by atoms with van der Waals surface area (Å²) in [6.07, 6.45) is 1.85. The number of fused-ring (bicyclic) bond motifs is 1. The van der Waals surface area contributed by atoms with Crippen molar-refractivity contribution in [1.29, 1.82) is 0 Å². The minimum Gasteiger partial charge on any atom is -0.334 e. The lowest BCUT2D eigenvalue weighted by Gasteiger charge is -1.98. The van der Waals surface area contributed by atoms with Crippen LogP contribution in [0.5, 0.6) is 0 Å². The Morgan fingerprint density at radius 3 is 2.89 bits per heavy atom. The molecule has 0 bridgehead atoms. The molecule has 0 aliphatic carbocycles. The van der Waals surface area contributed by atoms with E-state index in [0.717, 1.165) is 11.4 Å². The highest BCUT2D eigenvalue weighted by atomic mass is 16.5. The monoisotopic (exact) mass is 258 g/mol. The average Bonchev–Trinajstić information content (AvgIpc) is 3.04. The van der Waals surface area contributed by atoms with Gasteiger partial charge in [0.25, 0.3) is 5.89 Å². The molecule has 0 saturated carbocycles. The second-order valence-electron chi connectivity index (χ2n) is 4.58. The second-order valence-corrected chi connectivity index (χ2v) is 4.58. The van der Waals surface area contributed by atoms with Crippen molar-refractivity contribution in [2.75, 3.05) is 0 Å². The maximum atomic E-state index is 5.58. The van der Waals surface area contributed by atoms with E-state index in [2.05, 4.69) is 20.3 Å². The van der Waals surface area contributed by atoms with Crippen LogP contribution in [0.15, 0.2) is 22.9 Å². The molecular formula is C12H14N6O. The van der Waals surface area contributed by atoms with Gasteiger partial charge in [0.2, 0.25) is 0 Å². The highest BCUT2D eigenvalue weighted by Gasteiger charge is 2.13. The smallest absolute Gasteiger partial charge is 0.258 e. The van der Waals surface area contributed by atoms with E-state index in [1.165, 1.54) is 0 Å². The second kappa shape index (κ2) is 4.43. The van der Waals surface area contributed by atoms with Gasteiger partial charge >= 0.3 is 0 Å². The normalized spacial score (nSPS) is 11.6. The third-order valence-corrected chi connectivity index (χ3v) is 2.87. The fourth-order valence-corrected chi connectivity index (χ4v) is 1.80. The van der Waals surface area contributed by atoms with Gasteiger partial charge in [-0.3, -0.25) is 4.40 Å². The van der Waals surface area contributed by atoms with Gasteiger partial charge < -0.3 is 10.3 Å². The van der Waals surface area contributed by atoms with E-state index in [9.17, 15) is 0 Å². The molecule has 7 nitrogen and oxygen atoms in total. The number of nitrogens with zero attached hydrogens (tertiary/aromatic N) is 5. The Bertz CT molecular complexity index is 714. The van der Waals surface area contributed by atoms with Gasteiger partial charge in [-0.15, -0.1) is 10.2 Å². The summed E-state index contributed by atoms with van der Waals surface area (Å²) >= 11 is 0. The van der Waals surface area contributed by atoms with Crippen molar-refractivity contribution in [3.8, 4) is 11.5 Å². The topological polar surface area (TPSA) is 95.1 Å². The fraction of sp³-hybridized carbons (Fsp3) is 0.333. The molecular weight excluding hydrogens is 244 g/mol. The van der Waals surface area contributed by atoms with Crippen molar-refractivity contribution >= 4 is 5.65 Å². The van der Waals surface area contributed by atoms with Gasteiger partial charge in [-0.1, -0.05) is 19.0 Å². The van der Waals surface area contributed by atoms with Crippen LogP contribution in [-0.2, 0) is 6.54 Å². The van der Waals surface area contributed by atoms with Crippen LogP contribution < -0.4 is 5.73 Å². The Hall–Kier alpha value is -2.28. The summed E-state index contributed by atoms with van der Waals surface area (Å²) in [6, 6.07) is 3.73. The molecule has 0 unspecified atom stereocenters. The van der Waals surface area contributed by atoms with Gasteiger partial charge in [-0.2, -0.15) is 4.98 Å². The van der Waals surface area contributed by atoms with Crippen molar-refractivity contribution in [2.24, 2.45) is 5.73 Å². The summed E-state index contributed by atoms with van der Waals surface area (Å²) in [4.78, 5) is 4.35. The molecule has 0 saturated heterocycles. The molecule has 0 aliphatic heterocycles. The molecule has 0 fully saturated rings. The van der Waals surface area contributed by atoms with Gasteiger partial charge in [0.1, 0.15) is 0 Å². The summed E-state index contributed by atoms with van der Waals surface area (Å²) in [5, 5.41) is 12.0. The molecule has 0 spiro atoms. The van der Waals surface area contributed by atoms with Crippen molar-refractivity contribution in [2.45, 2.75) is 26.3 Å². The largest absolute Gasteiger partial charge is 0.334 e. The van der Waals surface area contributed by atoms with Crippen LogP contribution in [0, 0.1) is 0 Å². The van der Waals surface area contributed by atoms with Gasteiger partial charge in [0.15, 0.2) is 17.3 Å². The molecule has 3 aromatic heterocycles. The van der Waals surface area contributed by atoms with Gasteiger partial charge in [0.05, 0.1) is 6.54 Å². The van der Waals surface area contributed by atoms with E-state index in [1.807, 2.05) is 36.6 Å². The molecule has 19 heavy (non-hydrogen) atoms. The number of aromatic nitrogens is 5. The molecule has 98 valence electrons. The van der Waals surface area contributed by atoms with E-state index >= 15 is 0 Å². The Morgan fingerprint density at radius 1 is 1.37 bits per heavy atom. The van der Waals surface area contributed by atoms with E-state index in [-0.39, 0.29) is 5.92 Å². The van der Waals surface area contributed by atoms with Crippen molar-refractivity contribution in [3.05, 3.63) is 30.0 Å². The predicted octanol–water partition coefficient (Wildman–Crippen LogP) is 1.36. The van der Waals surface area contributed by atoms with Crippen LogP contribution in [0.2, 0.25) is 0 Å². The van der Waals surface area contributed by atoms with E-state index in [0.29, 0.717) is 23.9 Å². The number of hydrogen-bond acceptors (Lipinski definition) is 6. The maximum Gasteiger partial charge on any atom is 0.258 e. The molecule has 3 rings (SSSR count). The summed E-state index contributed by atoms with van der Waals surface area (Å²) < 4.78 is 7.09. The standard InChI is InChI=1S/C12H14N6O/c1-7(2)11-14-12(19-17-11)8-3-4-18-9(5-8)15-16-10(18)6-13/h3-5,7H,6,13H2,1-2H3. The quantitative estimate of drug-likeness (QED) is 0.762. The minimum atomic E-state index is 0.234. The Morgan fingerprint density at radius 2 is 2.21 bits per heavy atom. The van der Waals surface area contributed by atoms with Crippen LogP contribution >= 0.6 is 0 Å². The predicted molar refractivity (Wildman–Crippen MR) is 68.3 cm³/mol. The Kier molecular flexibility index (Phi) is 2.75. The van der Waals surface area contributed by atoms with Crippen LogP contribution in [0.4, 0.5) is 0 Å². The average molecular weight is 258 g/mol. The first kappa shape index (κ1) is 11.8. The molecule has 3 aromatic rings. The zero-order valence-corrected chi connectivity index (χ0v) is 10.7. The number of rotatable bonds is 3. The maximum absolute atomic E-state index is 5.58. The van der Waals surface area contributed by atoms with Crippen molar-refractivity contribution in [3.63, 3.8) is 0 Å². The highest BCUT2D eigenvalue weighted by molar-refractivity contribution is 5.59. The number of pyridine rings is 1. The fourth-order valence-electron chi connectivity index (χ4n) is 1.80. The first-order valence-corrected chi connectivity index (χ1v) is 6.06. The zero-order valence-electron chi connectivity index (χ0n) is 10.7. The van der Waals surface area contributed by atoms with Gasteiger partial charge in [-0.05, 0) is 12.1 Å². The third-order valence-electron chi connectivity index (χ3n) is 2.87. The first-order chi connectivity index (χ1) is 9.19. The molecule has 7 heteroatoms. The summed E-state index contributed by atoms with van der Waals surface area (Å²) in [5.41, 5.74) is 7.11. The molecule has 0 amide bonds. The van der Waals surface area contributed by atoms with Crippen LogP contribution in [-0.4, -0.2) is 24.7 Å². The van der Waals surface area contributed by atoms with E-state index in [1.54, 1.807) is 0 Å². The highest BCUT2D eigenvalue weighted by Crippen LogP contribution is 2.21. The van der Waals surface area contributed by atoms with E-state index < -0.39 is 0 Å². The Labute approximate surface area is 109 Å². The molecule has 0 aromatic carbocycles. The first-order valence-electron chi connectivity index (χ1n) is 6.06. The molecule has 0 atom stereocenters. The van der Waals surface area contributed by atoms with E-state index in [4.69, 9.17) is 10.3 Å². The number of hydrogen-bond donors (Lipinski definition) is 1. The van der Waals surface area contributed by atoms with Crippen molar-refractivity contribution in [1.82, 2.24) is 24.7 Å². The zero-order chi connectivity index (χ0) is 13.4. The lowest BCUT2D eigenvalue weighted by atomic mass is 10.2. The van der Waals surface area contributed by atoms with Gasteiger partial charge in [0, 0.05) is 17.7 Å². The summed E-state index contributed by atoms with van der Waals surface area (Å²) in [7, 11) is 0. The lowest BCUT2D eigenvalue weighted by Crippen LogP contribution is -2.02. The lowest BCUT2D eigenvalue weighted by molar-refractivity contribution is 0.419. The Balaban J connectivity index is 2.04. The molecule has 0 aliphatic rings. The van der Waals surface area contributed by atoms with Crippen LogP contribution in [0.25, 0.3) is 17.1 Å². The van der Waals surface area contributed by atoms with Gasteiger partial charge in [-0.25, -0.2) is 0 Å². The minimum absolute atomic E-state index is 0.234. The molecule has 0 radical (unpaired) electrons. The summed E-state index contributed by atoms with van der Waals surface area (Å²) in [6.45, 7) is 4.38.